The van der Waals surface area contributed by atoms with Gasteiger partial charge < -0.3 is 4.90 Å². The van der Waals surface area contributed by atoms with Crippen LogP contribution in [-0.4, -0.2) is 29.5 Å². The lowest BCUT2D eigenvalue weighted by Gasteiger charge is -2.12. The summed E-state index contributed by atoms with van der Waals surface area (Å²) in [6.07, 6.45) is 1.37. The highest BCUT2D eigenvalue weighted by Gasteiger charge is 2.00. The molecular formula is C7H11N3O2. The summed E-state index contributed by atoms with van der Waals surface area (Å²) in [7, 11) is 3.72. The van der Waals surface area contributed by atoms with Crippen molar-refractivity contribution in [2.24, 2.45) is 0 Å². The Kier molecular flexibility index (Phi) is 2.47. The first kappa shape index (κ1) is 8.76. The molecule has 12 heavy (non-hydrogen) atoms. The van der Waals surface area contributed by atoms with Gasteiger partial charge in [-0.15, -0.1) is 5.23 Å². The van der Waals surface area contributed by atoms with E-state index in [1.54, 1.807) is 12.1 Å². The maximum Gasteiger partial charge on any atom is 0.128 e. The van der Waals surface area contributed by atoms with Gasteiger partial charge in [-0.25, -0.2) is 4.98 Å². The van der Waals surface area contributed by atoms with E-state index in [-0.39, 0.29) is 10.9 Å². The molecule has 0 fully saturated rings. The van der Waals surface area contributed by atoms with Crippen molar-refractivity contribution < 1.29 is 10.4 Å². The monoisotopic (exact) mass is 169 g/mol. The van der Waals surface area contributed by atoms with Gasteiger partial charge in [0.15, 0.2) is 0 Å². The standard InChI is InChI=1S/C7H11N3O2/c1-9(2)7-4-3-6(5-8-7)10(11)12/h3-5,11-12H,1-2H3. The Hall–Kier alpha value is -1.33. The maximum atomic E-state index is 8.59. The topological polar surface area (TPSA) is 59.8 Å². The van der Waals surface area contributed by atoms with E-state index in [0.717, 1.165) is 5.82 Å². The van der Waals surface area contributed by atoms with E-state index in [9.17, 15) is 0 Å². The molecule has 0 spiro atoms. The Morgan fingerprint density at radius 1 is 1.25 bits per heavy atom. The number of aromatic nitrogens is 1. The van der Waals surface area contributed by atoms with Crippen LogP contribution in [0.2, 0.25) is 0 Å². The first-order valence-corrected chi connectivity index (χ1v) is 3.42. The number of hydrogen-bond donors (Lipinski definition) is 2. The van der Waals surface area contributed by atoms with Crippen LogP contribution in [0.3, 0.4) is 0 Å². The third-order valence-corrected chi connectivity index (χ3v) is 1.42. The highest BCUT2D eigenvalue weighted by atomic mass is 16.8. The van der Waals surface area contributed by atoms with Crippen molar-refractivity contribution in [1.82, 2.24) is 4.98 Å². The van der Waals surface area contributed by atoms with Gasteiger partial charge in [-0.05, 0) is 12.1 Å². The molecule has 0 saturated carbocycles. The molecule has 1 rings (SSSR count). The van der Waals surface area contributed by atoms with Gasteiger partial charge in [-0.3, -0.25) is 10.4 Å². The molecule has 0 bridgehead atoms. The predicted molar refractivity (Wildman–Crippen MR) is 44.6 cm³/mol. The van der Waals surface area contributed by atoms with Crippen LogP contribution in [-0.2, 0) is 0 Å². The normalized spacial score (nSPS) is 9.67. The van der Waals surface area contributed by atoms with Crippen LogP contribution in [0.4, 0.5) is 11.5 Å². The SMILES string of the molecule is CN(C)c1ccc(N(O)O)cn1. The lowest BCUT2D eigenvalue weighted by molar-refractivity contribution is 0.0290. The van der Waals surface area contributed by atoms with E-state index >= 15 is 0 Å². The summed E-state index contributed by atoms with van der Waals surface area (Å²) in [6, 6.07) is 3.25. The van der Waals surface area contributed by atoms with Crippen molar-refractivity contribution in [3.8, 4) is 0 Å². The minimum absolute atomic E-state index is 0.0342. The fourth-order valence-corrected chi connectivity index (χ4v) is 0.761. The van der Waals surface area contributed by atoms with Crippen molar-refractivity contribution >= 4 is 11.5 Å². The number of hydrogen-bond acceptors (Lipinski definition) is 5. The molecule has 66 valence electrons. The van der Waals surface area contributed by atoms with Crippen LogP contribution in [0.25, 0.3) is 0 Å². The van der Waals surface area contributed by atoms with Gasteiger partial charge in [-0.2, -0.15) is 0 Å². The van der Waals surface area contributed by atoms with Crippen molar-refractivity contribution in [3.05, 3.63) is 18.3 Å². The smallest absolute Gasteiger partial charge is 0.128 e. The summed E-state index contributed by atoms with van der Waals surface area (Å²) in [5.74, 6) is 0.764. The van der Waals surface area contributed by atoms with E-state index in [0.29, 0.717) is 0 Å². The molecule has 1 aromatic rings. The molecule has 0 aliphatic rings. The first-order valence-electron chi connectivity index (χ1n) is 3.42. The zero-order chi connectivity index (χ0) is 9.14. The zero-order valence-corrected chi connectivity index (χ0v) is 6.97. The second-order valence-electron chi connectivity index (χ2n) is 2.56. The molecule has 0 amide bonds. The Balaban J connectivity index is 2.86. The van der Waals surface area contributed by atoms with Gasteiger partial charge >= 0.3 is 0 Å². The van der Waals surface area contributed by atoms with E-state index in [2.05, 4.69) is 4.98 Å². The second kappa shape index (κ2) is 3.38. The fourth-order valence-electron chi connectivity index (χ4n) is 0.761. The average Bonchev–Trinajstić information content (AvgIpc) is 2.04. The molecule has 0 atom stereocenters. The van der Waals surface area contributed by atoms with E-state index in [1.807, 2.05) is 19.0 Å². The van der Waals surface area contributed by atoms with Gasteiger partial charge in [0.1, 0.15) is 11.5 Å². The highest BCUT2D eigenvalue weighted by Crippen LogP contribution is 2.12. The second-order valence-corrected chi connectivity index (χ2v) is 2.56. The molecule has 1 aromatic heterocycles. The van der Waals surface area contributed by atoms with Gasteiger partial charge in [0.05, 0.1) is 6.20 Å². The molecule has 0 saturated heterocycles. The largest absolute Gasteiger partial charge is 0.363 e. The predicted octanol–water partition coefficient (Wildman–Crippen LogP) is 0.732. The Morgan fingerprint density at radius 3 is 2.25 bits per heavy atom. The van der Waals surface area contributed by atoms with Crippen molar-refractivity contribution in [1.29, 1.82) is 0 Å². The van der Waals surface area contributed by atoms with Crippen LogP contribution in [0.1, 0.15) is 0 Å². The minimum atomic E-state index is 0.0342. The minimum Gasteiger partial charge on any atom is -0.363 e. The fraction of sp³-hybridized carbons (Fsp3) is 0.286. The van der Waals surface area contributed by atoms with Crippen molar-refractivity contribution in [2.75, 3.05) is 24.2 Å². The Labute approximate surface area is 70.4 Å². The molecule has 2 N–H and O–H groups in total. The van der Waals surface area contributed by atoms with E-state index < -0.39 is 0 Å². The lowest BCUT2D eigenvalue weighted by atomic mass is 10.4. The summed E-state index contributed by atoms with van der Waals surface area (Å²) >= 11 is 0. The van der Waals surface area contributed by atoms with Crippen molar-refractivity contribution in [2.45, 2.75) is 0 Å². The quantitative estimate of drug-likeness (QED) is 0.639. The average molecular weight is 169 g/mol. The van der Waals surface area contributed by atoms with Gasteiger partial charge in [0, 0.05) is 14.1 Å². The summed E-state index contributed by atoms with van der Waals surface area (Å²) < 4.78 is 0. The van der Waals surface area contributed by atoms with Crippen molar-refractivity contribution in [3.63, 3.8) is 0 Å². The molecule has 0 unspecified atom stereocenters. The molecule has 1 heterocycles. The molecule has 5 heteroatoms. The van der Waals surface area contributed by atoms with Crippen LogP contribution in [0.15, 0.2) is 18.3 Å². The number of rotatable bonds is 2. The van der Waals surface area contributed by atoms with Gasteiger partial charge in [-0.1, -0.05) is 0 Å². The number of pyridine rings is 1. The summed E-state index contributed by atoms with van der Waals surface area (Å²) in [5, 5.41) is 17.2. The number of anilines is 2. The lowest BCUT2D eigenvalue weighted by Crippen LogP contribution is -2.13. The summed E-state index contributed by atoms with van der Waals surface area (Å²) in [5.41, 5.74) is 0.237. The Bertz CT molecular complexity index is 218. The molecule has 0 radical (unpaired) electrons. The molecule has 0 aromatic carbocycles. The summed E-state index contributed by atoms with van der Waals surface area (Å²) in [4.78, 5) is 5.79. The third-order valence-electron chi connectivity index (χ3n) is 1.42. The highest BCUT2D eigenvalue weighted by molar-refractivity contribution is 5.46. The van der Waals surface area contributed by atoms with E-state index in [1.165, 1.54) is 6.20 Å². The van der Waals surface area contributed by atoms with Crippen LogP contribution < -0.4 is 10.1 Å². The number of nitrogens with zero attached hydrogens (tertiary/aromatic N) is 3. The zero-order valence-electron chi connectivity index (χ0n) is 6.97. The molecule has 5 nitrogen and oxygen atoms in total. The van der Waals surface area contributed by atoms with Crippen LogP contribution in [0, 0.1) is 0 Å². The molecular weight excluding hydrogens is 158 g/mol. The maximum absolute atomic E-state index is 8.59. The van der Waals surface area contributed by atoms with Gasteiger partial charge in [0.2, 0.25) is 0 Å². The first-order chi connectivity index (χ1) is 5.61. The van der Waals surface area contributed by atoms with Gasteiger partial charge in [0.25, 0.3) is 0 Å². The molecule has 0 aliphatic carbocycles. The third kappa shape index (κ3) is 1.84. The molecule has 0 aliphatic heterocycles. The summed E-state index contributed by atoms with van der Waals surface area (Å²) in [6.45, 7) is 0. The van der Waals surface area contributed by atoms with E-state index in [4.69, 9.17) is 10.4 Å². The Morgan fingerprint density at radius 2 is 1.92 bits per heavy atom. The van der Waals surface area contributed by atoms with Crippen LogP contribution in [0.5, 0.6) is 0 Å². The van der Waals surface area contributed by atoms with Crippen LogP contribution >= 0.6 is 0 Å².